The number of aromatic nitrogens is 3. The van der Waals surface area contributed by atoms with Crippen LogP contribution < -0.4 is 0 Å². The van der Waals surface area contributed by atoms with E-state index in [4.69, 9.17) is 9.47 Å². The van der Waals surface area contributed by atoms with E-state index in [1.807, 2.05) is 16.7 Å². The van der Waals surface area contributed by atoms with Crippen molar-refractivity contribution >= 4 is 5.78 Å². The second-order valence-electron chi connectivity index (χ2n) is 6.43. The number of rotatable bonds is 2. The number of fused-ring (bicyclic) bond motifs is 1. The molecule has 2 aliphatic heterocycles. The Morgan fingerprint density at radius 3 is 2.95 bits per heavy atom. The summed E-state index contributed by atoms with van der Waals surface area (Å²) >= 11 is 0. The van der Waals surface area contributed by atoms with E-state index in [9.17, 15) is 0 Å². The lowest BCUT2D eigenvalue weighted by Gasteiger charge is -2.38. The van der Waals surface area contributed by atoms with E-state index in [0.717, 1.165) is 70.4 Å². The number of ether oxygens (including phenoxy) is 2. The van der Waals surface area contributed by atoms with Gasteiger partial charge in [0.25, 0.3) is 0 Å². The van der Waals surface area contributed by atoms with Gasteiger partial charge in [0.05, 0.1) is 18.9 Å². The van der Waals surface area contributed by atoms with E-state index < -0.39 is 0 Å². The molecule has 1 spiro atoms. The Balaban J connectivity index is 1.50. The second-order valence-corrected chi connectivity index (χ2v) is 6.43. The summed E-state index contributed by atoms with van der Waals surface area (Å²) in [6, 6.07) is 1.93. The fourth-order valence-electron chi connectivity index (χ4n) is 3.51. The summed E-state index contributed by atoms with van der Waals surface area (Å²) in [7, 11) is 0. The fraction of sp³-hybridized carbons (Fsp3) is 0.625. The highest BCUT2D eigenvalue weighted by Crippen LogP contribution is 2.33. The Hall–Kier alpha value is -1.50. The Morgan fingerprint density at radius 1 is 1.18 bits per heavy atom. The van der Waals surface area contributed by atoms with Gasteiger partial charge in [-0.3, -0.25) is 9.30 Å². The monoisotopic (exact) mass is 302 g/mol. The van der Waals surface area contributed by atoms with Gasteiger partial charge in [-0.2, -0.15) is 0 Å². The predicted octanol–water partition coefficient (Wildman–Crippen LogP) is 1.36. The Kier molecular flexibility index (Phi) is 3.82. The van der Waals surface area contributed by atoms with Crippen molar-refractivity contribution < 1.29 is 9.47 Å². The van der Waals surface area contributed by atoms with Gasteiger partial charge in [-0.05, 0) is 18.9 Å². The number of hydrogen-bond acceptors (Lipinski definition) is 5. The molecule has 2 aliphatic rings. The van der Waals surface area contributed by atoms with Gasteiger partial charge >= 0.3 is 0 Å². The van der Waals surface area contributed by atoms with Crippen LogP contribution in [0.15, 0.2) is 24.7 Å². The van der Waals surface area contributed by atoms with Gasteiger partial charge in [-0.25, -0.2) is 9.97 Å². The quantitative estimate of drug-likeness (QED) is 0.838. The number of hydrogen-bond donors (Lipinski definition) is 0. The van der Waals surface area contributed by atoms with Gasteiger partial charge in [0, 0.05) is 56.9 Å². The molecule has 2 fully saturated rings. The molecule has 0 atom stereocenters. The van der Waals surface area contributed by atoms with Crippen LogP contribution in [-0.2, 0) is 16.0 Å². The topological polar surface area (TPSA) is 51.9 Å². The highest BCUT2D eigenvalue weighted by Gasteiger charge is 2.36. The summed E-state index contributed by atoms with van der Waals surface area (Å²) in [6.45, 7) is 6.26. The lowest BCUT2D eigenvalue weighted by Crippen LogP contribution is -2.42. The van der Waals surface area contributed by atoms with Gasteiger partial charge in [0.2, 0.25) is 5.78 Å². The molecule has 0 unspecified atom stereocenters. The molecule has 0 aliphatic carbocycles. The standard InChI is InChI=1S/C16H22N4O2/c1-4-17-15-18-14(11-20(15)5-1)10-19-6-9-22-13-16(12-19)2-7-21-8-3-16/h1,4-5,11H,2-3,6-10,12-13H2. The Bertz CT molecular complexity index is 603. The van der Waals surface area contributed by atoms with Crippen LogP contribution in [0.1, 0.15) is 18.5 Å². The molecule has 4 heterocycles. The first kappa shape index (κ1) is 14.1. The van der Waals surface area contributed by atoms with E-state index >= 15 is 0 Å². The van der Waals surface area contributed by atoms with Crippen molar-refractivity contribution in [2.24, 2.45) is 5.41 Å². The van der Waals surface area contributed by atoms with Crippen molar-refractivity contribution in [1.29, 1.82) is 0 Å². The van der Waals surface area contributed by atoms with Gasteiger partial charge < -0.3 is 9.47 Å². The maximum atomic E-state index is 5.88. The van der Waals surface area contributed by atoms with Crippen molar-refractivity contribution in [3.63, 3.8) is 0 Å². The molecule has 6 nitrogen and oxygen atoms in total. The average Bonchev–Trinajstić information content (AvgIpc) is 2.85. The lowest BCUT2D eigenvalue weighted by atomic mass is 9.80. The molecule has 0 radical (unpaired) electrons. The summed E-state index contributed by atoms with van der Waals surface area (Å²) in [5.74, 6) is 0.768. The highest BCUT2D eigenvalue weighted by atomic mass is 16.5. The lowest BCUT2D eigenvalue weighted by molar-refractivity contribution is -0.0320. The van der Waals surface area contributed by atoms with E-state index in [-0.39, 0.29) is 5.41 Å². The van der Waals surface area contributed by atoms with Crippen LogP contribution in [0.4, 0.5) is 0 Å². The summed E-state index contributed by atoms with van der Waals surface area (Å²) in [5.41, 5.74) is 1.33. The molecular weight excluding hydrogens is 280 g/mol. The minimum atomic E-state index is 0.256. The van der Waals surface area contributed by atoms with E-state index in [2.05, 4.69) is 21.1 Å². The van der Waals surface area contributed by atoms with Gasteiger partial charge in [0.1, 0.15) is 0 Å². The summed E-state index contributed by atoms with van der Waals surface area (Å²) in [4.78, 5) is 11.4. The predicted molar refractivity (Wildman–Crippen MR) is 81.6 cm³/mol. The van der Waals surface area contributed by atoms with Crippen molar-refractivity contribution in [2.75, 3.05) is 39.5 Å². The molecule has 2 aromatic heterocycles. The highest BCUT2D eigenvalue weighted by molar-refractivity contribution is 5.29. The minimum absolute atomic E-state index is 0.256. The molecule has 0 N–H and O–H groups in total. The average molecular weight is 302 g/mol. The zero-order chi connectivity index (χ0) is 14.8. The second kappa shape index (κ2) is 5.95. The van der Waals surface area contributed by atoms with E-state index in [1.165, 1.54) is 0 Å². The molecule has 6 heteroatoms. The zero-order valence-corrected chi connectivity index (χ0v) is 12.8. The van der Waals surface area contributed by atoms with Gasteiger partial charge in [0.15, 0.2) is 0 Å². The summed E-state index contributed by atoms with van der Waals surface area (Å²) < 4.78 is 13.4. The van der Waals surface area contributed by atoms with Crippen LogP contribution in [0.5, 0.6) is 0 Å². The molecule has 4 rings (SSSR count). The van der Waals surface area contributed by atoms with E-state index in [0.29, 0.717) is 0 Å². The number of imidazole rings is 1. The first-order valence-electron chi connectivity index (χ1n) is 8.00. The molecule has 22 heavy (non-hydrogen) atoms. The third-order valence-electron chi connectivity index (χ3n) is 4.74. The summed E-state index contributed by atoms with van der Waals surface area (Å²) in [5, 5.41) is 0. The largest absolute Gasteiger partial charge is 0.381 e. The smallest absolute Gasteiger partial charge is 0.233 e. The van der Waals surface area contributed by atoms with Crippen LogP contribution in [0.25, 0.3) is 5.78 Å². The van der Waals surface area contributed by atoms with Crippen molar-refractivity contribution in [1.82, 2.24) is 19.3 Å². The molecule has 0 bridgehead atoms. The van der Waals surface area contributed by atoms with Crippen LogP contribution in [0, 0.1) is 5.41 Å². The van der Waals surface area contributed by atoms with Crippen LogP contribution in [-0.4, -0.2) is 58.8 Å². The van der Waals surface area contributed by atoms with E-state index in [1.54, 1.807) is 6.20 Å². The van der Waals surface area contributed by atoms with Crippen LogP contribution in [0.2, 0.25) is 0 Å². The number of nitrogens with zero attached hydrogens (tertiary/aromatic N) is 4. The molecule has 0 saturated carbocycles. The molecule has 0 amide bonds. The molecular formula is C16H22N4O2. The van der Waals surface area contributed by atoms with Crippen molar-refractivity contribution in [3.05, 3.63) is 30.4 Å². The van der Waals surface area contributed by atoms with Crippen molar-refractivity contribution in [2.45, 2.75) is 19.4 Å². The third-order valence-corrected chi connectivity index (χ3v) is 4.74. The van der Waals surface area contributed by atoms with Gasteiger partial charge in [-0.1, -0.05) is 0 Å². The third kappa shape index (κ3) is 2.86. The first-order valence-corrected chi connectivity index (χ1v) is 8.00. The molecule has 0 aromatic carbocycles. The Labute approximate surface area is 130 Å². The first-order chi connectivity index (χ1) is 10.8. The molecule has 2 saturated heterocycles. The zero-order valence-electron chi connectivity index (χ0n) is 12.8. The van der Waals surface area contributed by atoms with Crippen LogP contribution >= 0.6 is 0 Å². The summed E-state index contributed by atoms with van der Waals surface area (Å²) in [6.07, 6.45) is 8.03. The van der Waals surface area contributed by atoms with Gasteiger partial charge in [-0.15, -0.1) is 0 Å². The maximum Gasteiger partial charge on any atom is 0.233 e. The molecule has 118 valence electrons. The normalized spacial score (nSPS) is 22.9. The van der Waals surface area contributed by atoms with Crippen molar-refractivity contribution in [3.8, 4) is 0 Å². The SMILES string of the molecule is c1cnc2nc(CN3CCOCC4(CCOCC4)C3)cn2c1. The maximum absolute atomic E-state index is 5.88. The Morgan fingerprint density at radius 2 is 2.09 bits per heavy atom. The van der Waals surface area contributed by atoms with Crippen LogP contribution in [0.3, 0.4) is 0 Å². The molecule has 2 aromatic rings. The fourth-order valence-corrected chi connectivity index (χ4v) is 3.51. The minimum Gasteiger partial charge on any atom is -0.381 e.